The Bertz CT molecular complexity index is 533. The maximum atomic E-state index is 3.46. The Morgan fingerprint density at radius 3 is 1.61 bits per heavy atom. The summed E-state index contributed by atoms with van der Waals surface area (Å²) < 4.78 is 0. The molecule has 0 heterocycles. The van der Waals surface area contributed by atoms with E-state index in [-0.39, 0.29) is 0 Å². The Morgan fingerprint density at radius 2 is 1.11 bits per heavy atom. The monoisotopic (exact) mass is 537 g/mol. The molecule has 1 N–H and O–H groups in total. The van der Waals surface area contributed by atoms with Crippen molar-refractivity contribution < 1.29 is 0 Å². The van der Waals surface area contributed by atoms with Crippen molar-refractivity contribution in [2.24, 2.45) is 17.8 Å². The normalized spacial score (nSPS) is 14.4. The molecule has 4 nitrogen and oxygen atoms in total. The van der Waals surface area contributed by atoms with Gasteiger partial charge in [-0.1, -0.05) is 112 Å². The molecule has 0 aromatic heterocycles. The summed E-state index contributed by atoms with van der Waals surface area (Å²) in [4.78, 5) is 7.81. The van der Waals surface area contributed by atoms with Crippen LogP contribution in [0.4, 0.5) is 0 Å². The van der Waals surface area contributed by atoms with E-state index in [1.807, 2.05) is 0 Å². The lowest BCUT2D eigenvalue weighted by Gasteiger charge is -2.28. The van der Waals surface area contributed by atoms with Gasteiger partial charge in [-0.3, -0.25) is 4.90 Å². The van der Waals surface area contributed by atoms with Crippen LogP contribution in [-0.4, -0.2) is 86.7 Å². The Hall–Kier alpha value is -0.420. The van der Waals surface area contributed by atoms with Gasteiger partial charge < -0.3 is 15.1 Å². The molecular weight excluding hydrogens is 464 g/mol. The summed E-state index contributed by atoms with van der Waals surface area (Å²) in [5.41, 5.74) is 1.58. The highest BCUT2D eigenvalue weighted by Gasteiger charge is 2.10. The lowest BCUT2D eigenvalue weighted by Crippen LogP contribution is -2.41. The van der Waals surface area contributed by atoms with E-state index in [0.29, 0.717) is 0 Å². The second-order valence-electron chi connectivity index (χ2n) is 12.5. The minimum Gasteiger partial charge on any atom is -0.316 e. The summed E-state index contributed by atoms with van der Waals surface area (Å²) in [6.45, 7) is 33.6. The van der Waals surface area contributed by atoms with Crippen molar-refractivity contribution >= 4 is 0 Å². The van der Waals surface area contributed by atoms with Crippen LogP contribution in [0.3, 0.4) is 0 Å². The molecule has 4 heteroatoms. The number of hydrogen-bond acceptors (Lipinski definition) is 4. The SMILES string of the molecule is CCNCCN(CC)CCN(CC)CCN(CC)C/C=C(\C)CCC[C@H](C)CCC[C@H](C)CCCC(C)C. The van der Waals surface area contributed by atoms with Crippen molar-refractivity contribution in [3.8, 4) is 0 Å². The lowest BCUT2D eigenvalue weighted by atomic mass is 9.91. The zero-order chi connectivity index (χ0) is 28.6. The molecule has 228 valence electrons. The summed E-state index contributed by atoms with van der Waals surface area (Å²) in [6.07, 6.45) is 15.0. The first-order valence-electron chi connectivity index (χ1n) is 16.8. The van der Waals surface area contributed by atoms with Crippen LogP contribution in [0, 0.1) is 17.8 Å². The van der Waals surface area contributed by atoms with Gasteiger partial charge in [0, 0.05) is 45.8 Å². The molecule has 0 fully saturated rings. The van der Waals surface area contributed by atoms with Gasteiger partial charge >= 0.3 is 0 Å². The molecular formula is C34H72N4. The third-order valence-corrected chi connectivity index (χ3v) is 8.50. The average molecular weight is 537 g/mol. The number of likely N-dealkylation sites (N-methyl/N-ethyl adjacent to an activating group) is 4. The highest BCUT2D eigenvalue weighted by Crippen LogP contribution is 2.22. The summed E-state index contributed by atoms with van der Waals surface area (Å²) in [5.74, 6) is 2.65. The maximum absolute atomic E-state index is 3.46. The van der Waals surface area contributed by atoms with Crippen LogP contribution in [0.15, 0.2) is 11.6 Å². The largest absolute Gasteiger partial charge is 0.316 e. The van der Waals surface area contributed by atoms with Crippen LogP contribution in [0.25, 0.3) is 0 Å². The molecule has 0 saturated carbocycles. The number of allylic oxidation sites excluding steroid dienone is 1. The Balaban J connectivity index is 4.13. The first-order valence-corrected chi connectivity index (χ1v) is 16.8. The summed E-state index contributed by atoms with van der Waals surface area (Å²) in [6, 6.07) is 0. The van der Waals surface area contributed by atoms with Gasteiger partial charge in [0.05, 0.1) is 0 Å². The first kappa shape index (κ1) is 37.6. The third kappa shape index (κ3) is 22.4. The Labute approximate surface area is 241 Å². The number of hydrogen-bond donors (Lipinski definition) is 1. The zero-order valence-electron chi connectivity index (χ0n) is 27.8. The average Bonchev–Trinajstić information content (AvgIpc) is 2.88. The van der Waals surface area contributed by atoms with Gasteiger partial charge in [-0.05, 0) is 63.7 Å². The highest BCUT2D eigenvalue weighted by molar-refractivity contribution is 4.99. The van der Waals surface area contributed by atoms with Gasteiger partial charge in [0.1, 0.15) is 0 Å². The van der Waals surface area contributed by atoms with Crippen molar-refractivity contribution in [2.75, 3.05) is 72.0 Å². The van der Waals surface area contributed by atoms with E-state index < -0.39 is 0 Å². The van der Waals surface area contributed by atoms with E-state index in [9.17, 15) is 0 Å². The topological polar surface area (TPSA) is 21.8 Å². The third-order valence-electron chi connectivity index (χ3n) is 8.50. The maximum Gasteiger partial charge on any atom is 0.0166 e. The molecule has 0 aromatic carbocycles. The standard InChI is InChI=1S/C34H72N4/c1-10-35-24-26-37(12-3)28-30-38(13-4)29-27-36(11-2)25-23-34(9)22-16-21-33(8)20-15-19-32(7)18-14-17-31(5)6/h23,31-33,35H,10-22,24-30H2,1-9H3/b34-23+/t32-,33-/m1/s1. The van der Waals surface area contributed by atoms with Gasteiger partial charge in [0.15, 0.2) is 0 Å². The van der Waals surface area contributed by atoms with Gasteiger partial charge in [-0.25, -0.2) is 0 Å². The molecule has 0 bridgehead atoms. The molecule has 0 saturated heterocycles. The molecule has 0 aliphatic rings. The Morgan fingerprint density at radius 1 is 0.632 bits per heavy atom. The summed E-state index contributed by atoms with van der Waals surface area (Å²) in [5, 5.41) is 3.46. The molecule has 0 spiro atoms. The van der Waals surface area contributed by atoms with Crippen molar-refractivity contribution in [3.63, 3.8) is 0 Å². The summed E-state index contributed by atoms with van der Waals surface area (Å²) in [7, 11) is 0. The van der Waals surface area contributed by atoms with E-state index >= 15 is 0 Å². The fourth-order valence-corrected chi connectivity index (χ4v) is 5.31. The van der Waals surface area contributed by atoms with Gasteiger partial charge in [-0.2, -0.15) is 0 Å². The van der Waals surface area contributed by atoms with Crippen molar-refractivity contribution in [1.82, 2.24) is 20.0 Å². The van der Waals surface area contributed by atoms with Gasteiger partial charge in [0.25, 0.3) is 0 Å². The molecule has 0 aliphatic heterocycles. The summed E-state index contributed by atoms with van der Waals surface area (Å²) >= 11 is 0. The number of nitrogens with one attached hydrogen (secondary N) is 1. The zero-order valence-corrected chi connectivity index (χ0v) is 27.8. The minimum absolute atomic E-state index is 0.862. The predicted octanol–water partition coefficient (Wildman–Crippen LogP) is 7.95. The number of rotatable bonds is 27. The van der Waals surface area contributed by atoms with E-state index in [1.54, 1.807) is 5.57 Å². The molecule has 0 amide bonds. The second kappa shape index (κ2) is 25.5. The van der Waals surface area contributed by atoms with Crippen molar-refractivity contribution in [2.45, 2.75) is 120 Å². The minimum atomic E-state index is 0.862. The van der Waals surface area contributed by atoms with Crippen LogP contribution in [0.2, 0.25) is 0 Å². The molecule has 0 rings (SSSR count). The lowest BCUT2D eigenvalue weighted by molar-refractivity contribution is 0.191. The molecule has 38 heavy (non-hydrogen) atoms. The predicted molar refractivity (Wildman–Crippen MR) is 173 cm³/mol. The van der Waals surface area contributed by atoms with Crippen molar-refractivity contribution in [1.29, 1.82) is 0 Å². The van der Waals surface area contributed by atoms with E-state index in [0.717, 1.165) is 63.6 Å². The first-order chi connectivity index (χ1) is 18.2. The van der Waals surface area contributed by atoms with Crippen LogP contribution >= 0.6 is 0 Å². The van der Waals surface area contributed by atoms with E-state index in [2.05, 4.69) is 88.4 Å². The van der Waals surface area contributed by atoms with Crippen LogP contribution in [-0.2, 0) is 0 Å². The molecule has 0 radical (unpaired) electrons. The van der Waals surface area contributed by atoms with Gasteiger partial charge in [0.2, 0.25) is 0 Å². The highest BCUT2D eigenvalue weighted by atomic mass is 15.2. The van der Waals surface area contributed by atoms with Crippen molar-refractivity contribution in [3.05, 3.63) is 11.6 Å². The smallest absolute Gasteiger partial charge is 0.0166 e. The van der Waals surface area contributed by atoms with E-state index in [1.165, 1.54) is 84.0 Å². The fraction of sp³-hybridized carbons (Fsp3) is 0.941. The Kier molecular flexibility index (Phi) is 25.3. The fourth-order valence-electron chi connectivity index (χ4n) is 5.31. The van der Waals surface area contributed by atoms with Gasteiger partial charge in [-0.15, -0.1) is 0 Å². The second-order valence-corrected chi connectivity index (χ2v) is 12.5. The number of nitrogens with zero attached hydrogens (tertiary/aromatic N) is 3. The van der Waals surface area contributed by atoms with Crippen LogP contribution < -0.4 is 5.32 Å². The van der Waals surface area contributed by atoms with Crippen LogP contribution in [0.1, 0.15) is 120 Å². The molecule has 2 atom stereocenters. The van der Waals surface area contributed by atoms with E-state index in [4.69, 9.17) is 0 Å². The quantitative estimate of drug-likeness (QED) is 0.0849. The molecule has 0 unspecified atom stereocenters. The molecule has 0 aromatic rings. The molecule has 0 aliphatic carbocycles. The van der Waals surface area contributed by atoms with Crippen LogP contribution in [0.5, 0.6) is 0 Å².